The Hall–Kier alpha value is -2.43. The third-order valence-electron chi connectivity index (χ3n) is 3.46. The standard InChI is InChI=1S/C17H12FN3OS2/c1-21(2)17(22)23-14-7-13(18)12-9-20-24-16(12)15(14)11-5-3-10(8-19)4-6-11/h3-7,9H,1-2H3/p+1. The molecular weight excluding hydrogens is 345 g/mol. The molecule has 2 aromatic carbocycles. The minimum atomic E-state index is -0.367. The van der Waals surface area contributed by atoms with Crippen LogP contribution in [-0.4, -0.2) is 24.2 Å². The Morgan fingerprint density at radius 1 is 1.33 bits per heavy atom. The third kappa shape index (κ3) is 2.98. The highest BCUT2D eigenvalue weighted by Gasteiger charge is 2.21. The molecule has 1 aromatic heterocycles. The summed E-state index contributed by atoms with van der Waals surface area (Å²) in [5.74, 6) is -0.367. The molecule has 0 atom stereocenters. The lowest BCUT2D eigenvalue weighted by Crippen LogP contribution is -2.16. The van der Waals surface area contributed by atoms with E-state index in [1.165, 1.54) is 22.5 Å². The van der Waals surface area contributed by atoms with Gasteiger partial charge in [-0.15, -0.1) is 0 Å². The summed E-state index contributed by atoms with van der Waals surface area (Å²) in [6.07, 6.45) is 1.62. The molecule has 0 unspecified atom stereocenters. The number of H-pyrrole nitrogens is 1. The highest BCUT2D eigenvalue weighted by molar-refractivity contribution is 8.13. The number of rotatable bonds is 2. The topological polar surface area (TPSA) is 58.2 Å². The fourth-order valence-corrected chi connectivity index (χ4v) is 4.07. The van der Waals surface area contributed by atoms with Gasteiger partial charge >= 0.3 is 0 Å². The zero-order valence-electron chi connectivity index (χ0n) is 13.0. The molecule has 0 radical (unpaired) electrons. The normalized spacial score (nSPS) is 10.6. The van der Waals surface area contributed by atoms with E-state index in [9.17, 15) is 9.18 Å². The number of amides is 1. The van der Waals surface area contributed by atoms with Crippen molar-refractivity contribution in [2.45, 2.75) is 4.90 Å². The van der Waals surface area contributed by atoms with Crippen LogP contribution in [0.2, 0.25) is 0 Å². The van der Waals surface area contributed by atoms with E-state index >= 15 is 0 Å². The Morgan fingerprint density at radius 2 is 2.04 bits per heavy atom. The maximum Gasteiger partial charge on any atom is 0.285 e. The summed E-state index contributed by atoms with van der Waals surface area (Å²) in [7, 11) is 3.31. The largest absolute Gasteiger partial charge is 0.339 e. The molecule has 0 aliphatic heterocycles. The number of aromatic nitrogens is 1. The number of nitrogens with one attached hydrogen (secondary N) is 1. The molecule has 7 heteroatoms. The number of nitriles is 1. The number of hydrogen-bond acceptors (Lipinski definition) is 4. The molecule has 1 amide bonds. The number of hydrogen-bond donors (Lipinski definition) is 0. The van der Waals surface area contributed by atoms with Crippen molar-refractivity contribution in [2.75, 3.05) is 14.1 Å². The van der Waals surface area contributed by atoms with Crippen molar-refractivity contribution in [2.24, 2.45) is 0 Å². The molecule has 1 heterocycles. The van der Waals surface area contributed by atoms with Crippen LogP contribution in [0, 0.1) is 17.1 Å². The summed E-state index contributed by atoms with van der Waals surface area (Å²) >= 11 is 2.30. The molecule has 4 nitrogen and oxygen atoms in total. The van der Waals surface area contributed by atoms with Gasteiger partial charge in [0.1, 0.15) is 22.0 Å². The first-order valence-electron chi connectivity index (χ1n) is 7.03. The second-order valence-corrected chi connectivity index (χ2v) is 7.13. The zero-order valence-corrected chi connectivity index (χ0v) is 14.6. The van der Waals surface area contributed by atoms with Crippen LogP contribution in [0.25, 0.3) is 21.2 Å². The molecule has 0 saturated carbocycles. The smallest absolute Gasteiger partial charge is 0.285 e. The number of thioether (sulfide) groups is 1. The molecule has 3 rings (SSSR count). The van der Waals surface area contributed by atoms with Crippen LogP contribution in [-0.2, 0) is 0 Å². The summed E-state index contributed by atoms with van der Waals surface area (Å²) in [6, 6.07) is 10.5. The Bertz CT molecular complexity index is 958. The molecule has 0 saturated heterocycles. The molecule has 24 heavy (non-hydrogen) atoms. The average molecular weight is 358 g/mol. The molecule has 1 N–H and O–H groups in total. The van der Waals surface area contributed by atoms with Crippen molar-refractivity contribution in [3.8, 4) is 17.2 Å². The van der Waals surface area contributed by atoms with E-state index in [1.54, 1.807) is 32.4 Å². The highest BCUT2D eigenvalue weighted by atomic mass is 32.2. The number of halogens is 1. The van der Waals surface area contributed by atoms with E-state index in [0.717, 1.165) is 27.6 Å². The van der Waals surface area contributed by atoms with Gasteiger partial charge in [0.2, 0.25) is 0 Å². The van der Waals surface area contributed by atoms with Crippen molar-refractivity contribution >= 4 is 38.6 Å². The summed E-state index contributed by atoms with van der Waals surface area (Å²) in [5.41, 5.74) is 2.18. The van der Waals surface area contributed by atoms with Gasteiger partial charge in [-0.3, -0.25) is 4.79 Å². The monoisotopic (exact) mass is 358 g/mol. The van der Waals surface area contributed by atoms with E-state index in [-0.39, 0.29) is 11.1 Å². The third-order valence-corrected chi connectivity index (χ3v) is 5.41. The molecular formula is C17H13FN3OS2+. The molecule has 120 valence electrons. The van der Waals surface area contributed by atoms with Gasteiger partial charge in [0.15, 0.2) is 6.20 Å². The second kappa shape index (κ2) is 6.59. The summed E-state index contributed by atoms with van der Waals surface area (Å²) in [4.78, 5) is 14.1. The molecule has 0 aliphatic rings. The Balaban J connectivity index is 2.22. The van der Waals surface area contributed by atoms with Crippen LogP contribution in [0.1, 0.15) is 5.56 Å². The molecule has 3 aromatic rings. The lowest BCUT2D eigenvalue weighted by molar-refractivity contribution is -0.288. The maximum atomic E-state index is 14.4. The average Bonchev–Trinajstić information content (AvgIpc) is 3.05. The predicted octanol–water partition coefficient (Wildman–Crippen LogP) is 4.17. The van der Waals surface area contributed by atoms with Crippen molar-refractivity contribution in [1.82, 2.24) is 4.90 Å². The summed E-state index contributed by atoms with van der Waals surface area (Å²) in [6.45, 7) is 0. The van der Waals surface area contributed by atoms with Crippen molar-refractivity contribution < 1.29 is 13.6 Å². The SMILES string of the molecule is CN(C)C(=O)Sc1cc(F)c2c[nH+]sc2c1-c1ccc(C#N)cc1. The second-order valence-electron chi connectivity index (χ2n) is 5.29. The van der Waals surface area contributed by atoms with Gasteiger partial charge in [-0.2, -0.15) is 9.64 Å². The van der Waals surface area contributed by atoms with Crippen molar-refractivity contribution in [3.63, 3.8) is 0 Å². The van der Waals surface area contributed by atoms with Crippen LogP contribution in [0.5, 0.6) is 0 Å². The molecule has 0 bridgehead atoms. The fraction of sp³-hybridized carbons (Fsp3) is 0.118. The fourth-order valence-electron chi connectivity index (χ4n) is 2.26. The van der Waals surface area contributed by atoms with Gasteiger partial charge in [0.25, 0.3) is 5.24 Å². The molecule has 0 aliphatic carbocycles. The Kier molecular flexibility index (Phi) is 4.51. The summed E-state index contributed by atoms with van der Waals surface area (Å²) < 4.78 is 18.1. The van der Waals surface area contributed by atoms with Gasteiger partial charge < -0.3 is 4.90 Å². The minimum absolute atomic E-state index is 0.177. The van der Waals surface area contributed by atoms with Crippen molar-refractivity contribution in [3.05, 3.63) is 47.9 Å². The number of benzene rings is 2. The van der Waals surface area contributed by atoms with Crippen LogP contribution in [0.3, 0.4) is 0 Å². The number of carbonyl (C=O) groups excluding carboxylic acids is 1. The first kappa shape index (κ1) is 16.4. The highest BCUT2D eigenvalue weighted by Crippen LogP contribution is 2.40. The number of fused-ring (bicyclic) bond motifs is 1. The summed E-state index contributed by atoms with van der Waals surface area (Å²) in [5, 5.41) is 9.26. The van der Waals surface area contributed by atoms with E-state index in [4.69, 9.17) is 5.26 Å². The van der Waals surface area contributed by atoms with Crippen molar-refractivity contribution in [1.29, 1.82) is 5.26 Å². The first-order chi connectivity index (χ1) is 11.5. The number of nitrogens with zero attached hydrogens (tertiary/aromatic N) is 2. The Morgan fingerprint density at radius 3 is 2.67 bits per heavy atom. The van der Waals surface area contributed by atoms with Gasteiger partial charge in [0.05, 0.1) is 17.0 Å². The van der Waals surface area contributed by atoms with Gasteiger partial charge in [-0.1, -0.05) is 12.1 Å². The van der Waals surface area contributed by atoms with E-state index in [0.29, 0.717) is 15.8 Å². The Labute approximate surface area is 146 Å². The number of carbonyl (C=O) groups is 1. The van der Waals surface area contributed by atoms with Gasteiger partial charge in [-0.25, -0.2) is 4.39 Å². The van der Waals surface area contributed by atoms with E-state index in [2.05, 4.69) is 10.4 Å². The molecule has 0 fully saturated rings. The van der Waals surface area contributed by atoms with E-state index < -0.39 is 0 Å². The van der Waals surface area contributed by atoms with Crippen LogP contribution < -0.4 is 4.37 Å². The predicted molar refractivity (Wildman–Crippen MR) is 93.4 cm³/mol. The first-order valence-corrected chi connectivity index (χ1v) is 8.66. The lowest BCUT2D eigenvalue weighted by Gasteiger charge is -2.13. The van der Waals surface area contributed by atoms with Crippen LogP contribution in [0.4, 0.5) is 9.18 Å². The minimum Gasteiger partial charge on any atom is -0.339 e. The van der Waals surface area contributed by atoms with Crippen LogP contribution >= 0.6 is 23.3 Å². The zero-order chi connectivity index (χ0) is 17.3. The maximum absolute atomic E-state index is 14.4. The van der Waals surface area contributed by atoms with E-state index in [1.807, 2.05) is 12.1 Å². The molecule has 0 spiro atoms. The quantitative estimate of drug-likeness (QED) is 0.646. The van der Waals surface area contributed by atoms with Gasteiger partial charge in [0, 0.05) is 24.6 Å². The number of aromatic amines is 1. The lowest BCUT2D eigenvalue weighted by atomic mass is 10.0. The van der Waals surface area contributed by atoms with Gasteiger partial charge in [-0.05, 0) is 35.5 Å². The van der Waals surface area contributed by atoms with Crippen LogP contribution in [0.15, 0.2) is 41.4 Å².